The summed E-state index contributed by atoms with van der Waals surface area (Å²) in [4.78, 5) is 0. The molecule has 0 aliphatic rings. The number of halogens is 2. The summed E-state index contributed by atoms with van der Waals surface area (Å²) in [6.07, 6.45) is 3.60. The van der Waals surface area contributed by atoms with Crippen molar-refractivity contribution < 1.29 is 0 Å². The number of hydrogen-bond acceptors (Lipinski definition) is 2. The Bertz CT molecular complexity index is 908. The molecule has 0 bridgehead atoms. The van der Waals surface area contributed by atoms with Crippen molar-refractivity contribution in [3.8, 4) is 0 Å². The molecule has 0 aliphatic heterocycles. The second-order valence-corrected chi connectivity index (χ2v) is 6.81. The van der Waals surface area contributed by atoms with E-state index < -0.39 is 0 Å². The summed E-state index contributed by atoms with van der Waals surface area (Å²) in [6.45, 7) is 2.58. The molecule has 0 saturated heterocycles. The lowest BCUT2D eigenvalue weighted by Crippen LogP contribution is -2.19. The van der Waals surface area contributed by atoms with Crippen LogP contribution in [0.4, 0.5) is 11.4 Å². The summed E-state index contributed by atoms with van der Waals surface area (Å²) in [5, 5.41) is 12.4. The molecule has 0 aliphatic carbocycles. The van der Waals surface area contributed by atoms with Crippen molar-refractivity contribution >= 4 is 51.9 Å². The molecular formula is C18H16Cl2N4S. The Morgan fingerprint density at radius 1 is 1.16 bits per heavy atom. The highest BCUT2D eigenvalue weighted by molar-refractivity contribution is 7.80. The topological polar surface area (TPSA) is 41.9 Å². The van der Waals surface area contributed by atoms with Gasteiger partial charge in [-0.15, -0.1) is 0 Å². The molecule has 2 aromatic carbocycles. The third kappa shape index (κ3) is 4.72. The molecule has 1 aromatic heterocycles. The Balaban J connectivity index is 1.64. The van der Waals surface area contributed by atoms with Crippen LogP contribution >= 0.6 is 35.4 Å². The van der Waals surface area contributed by atoms with Gasteiger partial charge in [0.15, 0.2) is 5.11 Å². The number of rotatable bonds is 4. The first-order valence-corrected chi connectivity index (χ1v) is 8.78. The zero-order valence-electron chi connectivity index (χ0n) is 13.5. The van der Waals surface area contributed by atoms with Gasteiger partial charge < -0.3 is 10.6 Å². The molecule has 3 rings (SSSR count). The van der Waals surface area contributed by atoms with Gasteiger partial charge in [0, 0.05) is 21.9 Å². The van der Waals surface area contributed by atoms with Gasteiger partial charge in [-0.05, 0) is 48.5 Å². The van der Waals surface area contributed by atoms with Crippen molar-refractivity contribution in [3.05, 3.63) is 76.0 Å². The van der Waals surface area contributed by atoms with Crippen LogP contribution in [0.25, 0.3) is 0 Å². The van der Waals surface area contributed by atoms with Crippen LogP contribution in [-0.2, 0) is 6.54 Å². The smallest absolute Gasteiger partial charge is 0.175 e. The van der Waals surface area contributed by atoms with E-state index in [4.69, 9.17) is 35.4 Å². The molecule has 7 heteroatoms. The van der Waals surface area contributed by atoms with E-state index in [2.05, 4.69) is 15.7 Å². The molecule has 2 N–H and O–H groups in total. The maximum Gasteiger partial charge on any atom is 0.175 e. The van der Waals surface area contributed by atoms with Crippen LogP contribution in [-0.4, -0.2) is 14.9 Å². The third-order valence-corrected chi connectivity index (χ3v) is 4.44. The summed E-state index contributed by atoms with van der Waals surface area (Å²) >= 11 is 17.6. The number of anilines is 2. The minimum Gasteiger partial charge on any atom is -0.332 e. The fraction of sp³-hybridized carbons (Fsp3) is 0.111. The Kier molecular flexibility index (Phi) is 5.58. The maximum absolute atomic E-state index is 6.18. The zero-order valence-corrected chi connectivity index (χ0v) is 15.8. The molecule has 25 heavy (non-hydrogen) atoms. The average molecular weight is 391 g/mol. The first-order valence-electron chi connectivity index (χ1n) is 7.61. The van der Waals surface area contributed by atoms with Crippen molar-refractivity contribution in [1.82, 2.24) is 9.78 Å². The van der Waals surface area contributed by atoms with Crippen LogP contribution in [0, 0.1) is 6.92 Å². The second kappa shape index (κ2) is 7.87. The van der Waals surface area contributed by atoms with E-state index in [1.54, 1.807) is 10.9 Å². The molecule has 0 spiro atoms. The van der Waals surface area contributed by atoms with Crippen molar-refractivity contribution in [2.24, 2.45) is 0 Å². The van der Waals surface area contributed by atoms with Crippen LogP contribution in [0.1, 0.15) is 11.1 Å². The van der Waals surface area contributed by atoms with Crippen LogP contribution in [0.3, 0.4) is 0 Å². The summed E-state index contributed by atoms with van der Waals surface area (Å²) < 4.78 is 1.80. The Hall–Kier alpha value is -2.08. The van der Waals surface area contributed by atoms with E-state index in [1.807, 2.05) is 55.6 Å². The largest absolute Gasteiger partial charge is 0.332 e. The number of thiocarbonyl (C=S) groups is 1. The molecule has 0 saturated carbocycles. The number of nitrogens with one attached hydrogen (secondary N) is 2. The molecule has 3 aromatic rings. The molecule has 0 unspecified atom stereocenters. The summed E-state index contributed by atoms with van der Waals surface area (Å²) in [5.74, 6) is 0. The summed E-state index contributed by atoms with van der Waals surface area (Å²) in [7, 11) is 0. The van der Waals surface area contributed by atoms with Crippen LogP contribution < -0.4 is 10.6 Å². The first-order chi connectivity index (χ1) is 12.0. The lowest BCUT2D eigenvalue weighted by Gasteiger charge is -2.11. The Morgan fingerprint density at radius 3 is 2.76 bits per heavy atom. The zero-order chi connectivity index (χ0) is 17.8. The highest BCUT2D eigenvalue weighted by atomic mass is 35.5. The molecule has 1 heterocycles. The maximum atomic E-state index is 6.18. The number of aryl methyl sites for hydroxylation is 1. The van der Waals surface area contributed by atoms with Gasteiger partial charge in [-0.25, -0.2) is 0 Å². The molecule has 0 fully saturated rings. The van der Waals surface area contributed by atoms with Gasteiger partial charge in [0.1, 0.15) is 0 Å². The van der Waals surface area contributed by atoms with E-state index in [0.29, 0.717) is 16.7 Å². The van der Waals surface area contributed by atoms with E-state index in [-0.39, 0.29) is 0 Å². The van der Waals surface area contributed by atoms with Gasteiger partial charge in [0.2, 0.25) is 0 Å². The van der Waals surface area contributed by atoms with Crippen LogP contribution in [0.2, 0.25) is 10.0 Å². The molecule has 128 valence electrons. The Morgan fingerprint density at radius 2 is 1.96 bits per heavy atom. The van der Waals surface area contributed by atoms with Crippen molar-refractivity contribution in [1.29, 1.82) is 0 Å². The number of benzene rings is 2. The predicted octanol–water partition coefficient (Wildman–Crippen LogP) is 5.36. The van der Waals surface area contributed by atoms with Crippen LogP contribution in [0.15, 0.2) is 54.9 Å². The van der Waals surface area contributed by atoms with Crippen molar-refractivity contribution in [2.75, 3.05) is 10.6 Å². The third-order valence-electron chi connectivity index (χ3n) is 3.63. The molecule has 0 radical (unpaired) electrons. The molecule has 4 nitrogen and oxygen atoms in total. The standard InChI is InChI=1S/C18H16Cl2N4S/c1-12-6-7-14(19)8-17(12)23-18(25)22-15-9-21-24(11-15)10-13-4-2-3-5-16(13)20/h2-9,11H,10H2,1H3,(H2,22,23,25). The Labute approximate surface area is 161 Å². The fourth-order valence-electron chi connectivity index (χ4n) is 2.33. The van der Waals surface area contributed by atoms with Gasteiger partial charge in [-0.1, -0.05) is 47.5 Å². The van der Waals surface area contributed by atoms with E-state index >= 15 is 0 Å². The molecular weight excluding hydrogens is 375 g/mol. The summed E-state index contributed by atoms with van der Waals surface area (Å²) in [6, 6.07) is 13.3. The first kappa shape index (κ1) is 17.7. The number of hydrogen-bond donors (Lipinski definition) is 2. The monoisotopic (exact) mass is 390 g/mol. The van der Waals surface area contributed by atoms with E-state index in [9.17, 15) is 0 Å². The average Bonchev–Trinajstić information content (AvgIpc) is 3.00. The lowest BCUT2D eigenvalue weighted by molar-refractivity contribution is 0.687. The lowest BCUT2D eigenvalue weighted by atomic mass is 10.2. The minimum atomic E-state index is 0.475. The SMILES string of the molecule is Cc1ccc(Cl)cc1NC(=S)Nc1cnn(Cc2ccccc2Cl)c1. The minimum absolute atomic E-state index is 0.475. The van der Waals surface area contributed by atoms with Crippen molar-refractivity contribution in [3.63, 3.8) is 0 Å². The normalized spacial score (nSPS) is 10.5. The van der Waals surface area contributed by atoms with Gasteiger partial charge >= 0.3 is 0 Å². The van der Waals surface area contributed by atoms with Crippen LogP contribution in [0.5, 0.6) is 0 Å². The van der Waals surface area contributed by atoms with Gasteiger partial charge in [0.05, 0.1) is 18.4 Å². The van der Waals surface area contributed by atoms with Gasteiger partial charge in [0.25, 0.3) is 0 Å². The van der Waals surface area contributed by atoms with Crippen molar-refractivity contribution in [2.45, 2.75) is 13.5 Å². The fourth-order valence-corrected chi connectivity index (χ4v) is 2.92. The van der Waals surface area contributed by atoms with E-state index in [0.717, 1.165) is 27.5 Å². The highest BCUT2D eigenvalue weighted by Gasteiger charge is 2.06. The quantitative estimate of drug-likeness (QED) is 0.588. The second-order valence-electron chi connectivity index (χ2n) is 5.56. The highest BCUT2D eigenvalue weighted by Crippen LogP contribution is 2.21. The predicted molar refractivity (Wildman–Crippen MR) is 109 cm³/mol. The number of aromatic nitrogens is 2. The van der Waals surface area contributed by atoms with Gasteiger partial charge in [-0.2, -0.15) is 5.10 Å². The van der Waals surface area contributed by atoms with E-state index in [1.165, 1.54) is 0 Å². The molecule has 0 atom stereocenters. The van der Waals surface area contributed by atoms with Gasteiger partial charge in [-0.3, -0.25) is 4.68 Å². The molecule has 0 amide bonds. The number of nitrogens with zero attached hydrogens (tertiary/aromatic N) is 2. The summed E-state index contributed by atoms with van der Waals surface area (Å²) in [5.41, 5.74) is 3.73.